The molecule has 0 amide bonds. The second-order valence-electron chi connectivity index (χ2n) is 6.85. The number of ether oxygens (including phenoxy) is 1. The fourth-order valence-corrected chi connectivity index (χ4v) is 3.83. The molecule has 1 saturated carbocycles. The van der Waals surface area contributed by atoms with Gasteiger partial charge in [-0.2, -0.15) is 0 Å². The maximum absolute atomic E-state index is 11.3. The molecule has 1 N–H and O–H groups in total. The predicted molar refractivity (Wildman–Crippen MR) is 85.2 cm³/mol. The Morgan fingerprint density at radius 2 is 2.00 bits per heavy atom. The highest BCUT2D eigenvalue weighted by atomic mass is 16.5. The van der Waals surface area contributed by atoms with Gasteiger partial charge in [0.25, 0.3) is 0 Å². The molecule has 0 bridgehead atoms. The zero-order valence-corrected chi connectivity index (χ0v) is 13.8. The van der Waals surface area contributed by atoms with Gasteiger partial charge in [0.2, 0.25) is 0 Å². The maximum Gasteiger partial charge on any atom is 0.306 e. The smallest absolute Gasteiger partial charge is 0.306 e. The Labute approximate surface area is 129 Å². The summed E-state index contributed by atoms with van der Waals surface area (Å²) in [5.74, 6) is 1.57. The maximum atomic E-state index is 11.3. The summed E-state index contributed by atoms with van der Waals surface area (Å²) in [6.45, 7) is 6.52. The Balaban J connectivity index is 1.75. The molecule has 0 aromatic rings. The third kappa shape index (κ3) is 5.59. The van der Waals surface area contributed by atoms with Gasteiger partial charge >= 0.3 is 5.97 Å². The lowest BCUT2D eigenvalue weighted by atomic mass is 9.91. The molecule has 2 aliphatic rings. The second kappa shape index (κ2) is 8.74. The number of hydrogen-bond donors (Lipinski definition) is 1. The Bertz CT molecular complexity index is 316. The lowest BCUT2D eigenvalue weighted by Gasteiger charge is -2.38. The second-order valence-corrected chi connectivity index (χ2v) is 6.85. The van der Waals surface area contributed by atoms with E-state index in [1.807, 2.05) is 0 Å². The highest BCUT2D eigenvalue weighted by Gasteiger charge is 2.27. The molecule has 1 heterocycles. The quantitative estimate of drug-likeness (QED) is 0.733. The van der Waals surface area contributed by atoms with Gasteiger partial charge < -0.3 is 15.0 Å². The molecular weight excluding hydrogens is 264 g/mol. The minimum absolute atomic E-state index is 0.0934. The van der Waals surface area contributed by atoms with Crippen LogP contribution in [0.5, 0.6) is 0 Å². The normalized spacial score (nSPS) is 27.9. The van der Waals surface area contributed by atoms with Gasteiger partial charge in [-0.05, 0) is 37.6 Å². The number of rotatable bonds is 7. The number of nitrogens with zero attached hydrogens (tertiary/aromatic N) is 1. The van der Waals surface area contributed by atoms with Crippen molar-refractivity contribution in [1.82, 2.24) is 10.2 Å². The summed E-state index contributed by atoms with van der Waals surface area (Å²) in [7, 11) is 1.47. The fraction of sp³-hybridized carbons (Fsp3) is 0.941. The van der Waals surface area contributed by atoms with Crippen LogP contribution in [0.1, 0.15) is 51.9 Å². The van der Waals surface area contributed by atoms with E-state index in [1.165, 1.54) is 52.2 Å². The molecule has 0 radical (unpaired) electrons. The van der Waals surface area contributed by atoms with Gasteiger partial charge in [-0.3, -0.25) is 4.79 Å². The standard InChI is InChI=1S/C17H32N2O2/c1-3-14-10-16(18-11-15-6-4-5-7-15)13-19(12-14)9-8-17(20)21-2/h14-16,18H,3-13H2,1-2H3. The van der Waals surface area contributed by atoms with Gasteiger partial charge in [-0.15, -0.1) is 0 Å². The molecule has 2 fully saturated rings. The van der Waals surface area contributed by atoms with Crippen molar-refractivity contribution >= 4 is 5.97 Å². The molecule has 122 valence electrons. The summed E-state index contributed by atoms with van der Waals surface area (Å²) >= 11 is 0. The summed E-state index contributed by atoms with van der Waals surface area (Å²) in [4.78, 5) is 13.8. The van der Waals surface area contributed by atoms with Gasteiger partial charge in [-0.1, -0.05) is 26.2 Å². The number of carbonyl (C=O) groups is 1. The Morgan fingerprint density at radius 1 is 1.24 bits per heavy atom. The molecule has 0 aromatic heterocycles. The number of piperidine rings is 1. The lowest BCUT2D eigenvalue weighted by Crippen LogP contribution is -2.50. The zero-order chi connectivity index (χ0) is 15.1. The predicted octanol–water partition coefficient (Wildman–Crippen LogP) is 2.43. The fourth-order valence-electron chi connectivity index (χ4n) is 3.83. The Hall–Kier alpha value is -0.610. The van der Waals surface area contributed by atoms with Crippen LogP contribution in [-0.2, 0) is 9.53 Å². The van der Waals surface area contributed by atoms with E-state index in [1.54, 1.807) is 0 Å². The van der Waals surface area contributed by atoms with Crippen LogP contribution in [-0.4, -0.2) is 50.2 Å². The van der Waals surface area contributed by atoms with E-state index >= 15 is 0 Å². The van der Waals surface area contributed by atoms with Crippen LogP contribution in [0.2, 0.25) is 0 Å². The summed E-state index contributed by atoms with van der Waals surface area (Å²) < 4.78 is 4.76. The minimum Gasteiger partial charge on any atom is -0.469 e. The van der Waals surface area contributed by atoms with Gasteiger partial charge in [0.15, 0.2) is 0 Å². The number of methoxy groups -OCH3 is 1. The van der Waals surface area contributed by atoms with E-state index in [4.69, 9.17) is 4.74 Å². The Morgan fingerprint density at radius 3 is 2.67 bits per heavy atom. The number of nitrogens with one attached hydrogen (secondary N) is 1. The van der Waals surface area contributed by atoms with E-state index in [0.29, 0.717) is 12.5 Å². The van der Waals surface area contributed by atoms with Gasteiger partial charge in [-0.25, -0.2) is 0 Å². The molecule has 2 unspecified atom stereocenters. The summed E-state index contributed by atoms with van der Waals surface area (Å²) in [6, 6.07) is 0.599. The van der Waals surface area contributed by atoms with E-state index in [0.717, 1.165) is 31.5 Å². The first-order chi connectivity index (χ1) is 10.2. The topological polar surface area (TPSA) is 41.6 Å². The first kappa shape index (κ1) is 16.8. The first-order valence-electron chi connectivity index (χ1n) is 8.73. The first-order valence-corrected chi connectivity index (χ1v) is 8.73. The average molecular weight is 296 g/mol. The number of hydrogen-bond acceptors (Lipinski definition) is 4. The van der Waals surface area contributed by atoms with E-state index in [2.05, 4.69) is 17.1 Å². The number of esters is 1. The van der Waals surface area contributed by atoms with E-state index < -0.39 is 0 Å². The SMILES string of the molecule is CCC1CC(NCC2CCCC2)CN(CCC(=O)OC)C1. The minimum atomic E-state index is -0.0934. The molecule has 4 heteroatoms. The molecule has 4 nitrogen and oxygen atoms in total. The molecule has 21 heavy (non-hydrogen) atoms. The van der Waals surface area contributed by atoms with Crippen molar-refractivity contribution in [2.75, 3.05) is 33.3 Å². The van der Waals surface area contributed by atoms with Crippen LogP contribution >= 0.6 is 0 Å². The highest BCUT2D eigenvalue weighted by molar-refractivity contribution is 5.69. The molecule has 0 spiro atoms. The summed E-state index contributed by atoms with van der Waals surface area (Å²) in [6.07, 6.45) is 8.68. The van der Waals surface area contributed by atoms with Crippen molar-refractivity contribution in [3.63, 3.8) is 0 Å². The van der Waals surface area contributed by atoms with Crippen molar-refractivity contribution < 1.29 is 9.53 Å². The number of carbonyl (C=O) groups excluding carboxylic acids is 1. The van der Waals surface area contributed by atoms with Crippen LogP contribution in [0.25, 0.3) is 0 Å². The molecule has 2 rings (SSSR count). The lowest BCUT2D eigenvalue weighted by molar-refractivity contribution is -0.141. The van der Waals surface area contributed by atoms with E-state index in [9.17, 15) is 4.79 Å². The average Bonchev–Trinajstić information content (AvgIpc) is 3.03. The van der Waals surface area contributed by atoms with E-state index in [-0.39, 0.29) is 5.97 Å². The summed E-state index contributed by atoms with van der Waals surface area (Å²) in [5.41, 5.74) is 0. The van der Waals surface area contributed by atoms with Crippen LogP contribution in [0, 0.1) is 11.8 Å². The van der Waals surface area contributed by atoms with Crippen molar-refractivity contribution in [3.8, 4) is 0 Å². The van der Waals surface area contributed by atoms with Crippen molar-refractivity contribution in [2.24, 2.45) is 11.8 Å². The third-order valence-electron chi connectivity index (χ3n) is 5.22. The molecule has 1 saturated heterocycles. The van der Waals surface area contributed by atoms with Crippen molar-refractivity contribution in [2.45, 2.75) is 57.9 Å². The molecule has 1 aliphatic heterocycles. The highest BCUT2D eigenvalue weighted by Crippen LogP contribution is 2.25. The number of likely N-dealkylation sites (tertiary alicyclic amines) is 1. The monoisotopic (exact) mass is 296 g/mol. The molecule has 2 atom stereocenters. The zero-order valence-electron chi connectivity index (χ0n) is 13.8. The van der Waals surface area contributed by atoms with Crippen LogP contribution < -0.4 is 5.32 Å². The van der Waals surface area contributed by atoms with Crippen molar-refractivity contribution in [3.05, 3.63) is 0 Å². The Kier molecular flexibility index (Phi) is 6.97. The third-order valence-corrected chi connectivity index (χ3v) is 5.22. The molecular formula is C17H32N2O2. The van der Waals surface area contributed by atoms with Crippen LogP contribution in [0.4, 0.5) is 0 Å². The summed E-state index contributed by atoms with van der Waals surface area (Å²) in [5, 5.41) is 3.80. The van der Waals surface area contributed by atoms with Crippen molar-refractivity contribution in [1.29, 1.82) is 0 Å². The van der Waals surface area contributed by atoms with Crippen LogP contribution in [0.3, 0.4) is 0 Å². The van der Waals surface area contributed by atoms with Gasteiger partial charge in [0.1, 0.15) is 0 Å². The molecule has 1 aliphatic carbocycles. The van der Waals surface area contributed by atoms with Crippen LogP contribution in [0.15, 0.2) is 0 Å². The van der Waals surface area contributed by atoms with Gasteiger partial charge in [0.05, 0.1) is 13.5 Å². The van der Waals surface area contributed by atoms with Gasteiger partial charge in [0, 0.05) is 25.7 Å². The largest absolute Gasteiger partial charge is 0.469 e. The molecule has 0 aromatic carbocycles.